The number of aryl methyl sites for hydroxylation is 1. The average molecular weight is 431 g/mol. The lowest BCUT2D eigenvalue weighted by atomic mass is 9.95. The van der Waals surface area contributed by atoms with Crippen molar-refractivity contribution in [2.24, 2.45) is 16.0 Å². The van der Waals surface area contributed by atoms with Gasteiger partial charge in [0.15, 0.2) is 0 Å². The van der Waals surface area contributed by atoms with Crippen molar-refractivity contribution < 1.29 is 4.79 Å². The second-order valence-electron chi connectivity index (χ2n) is 7.92. The number of H-pyrrole nitrogens is 1. The van der Waals surface area contributed by atoms with Crippen molar-refractivity contribution in [2.75, 3.05) is 19.6 Å². The molecular formula is C25H30N6O. The summed E-state index contributed by atoms with van der Waals surface area (Å²) in [4.78, 5) is 22.7. The number of aromatic amines is 1. The predicted octanol–water partition coefficient (Wildman–Crippen LogP) is 3.46. The van der Waals surface area contributed by atoms with Gasteiger partial charge in [-0.2, -0.15) is 5.10 Å². The highest BCUT2D eigenvalue weighted by atomic mass is 16.2. The molecule has 7 heteroatoms. The molecule has 4 rings (SSSR count). The van der Waals surface area contributed by atoms with Crippen LogP contribution in [-0.2, 0) is 11.2 Å². The molecule has 1 atom stereocenters. The number of rotatable bonds is 8. The topological polar surface area (TPSA) is 84.9 Å². The molecule has 0 fully saturated rings. The van der Waals surface area contributed by atoms with Crippen molar-refractivity contribution in [3.8, 4) is 11.1 Å². The van der Waals surface area contributed by atoms with E-state index in [1.54, 1.807) is 18.6 Å². The fourth-order valence-electron chi connectivity index (χ4n) is 4.26. The Hall–Kier alpha value is -3.45. The summed E-state index contributed by atoms with van der Waals surface area (Å²) in [5.74, 6) is -0.672. The Bertz CT molecular complexity index is 1090. The summed E-state index contributed by atoms with van der Waals surface area (Å²) in [6.07, 6.45) is 8.06. The van der Waals surface area contributed by atoms with Crippen LogP contribution in [0.3, 0.4) is 0 Å². The summed E-state index contributed by atoms with van der Waals surface area (Å²) >= 11 is 0. The van der Waals surface area contributed by atoms with E-state index in [1.165, 1.54) is 16.7 Å². The van der Waals surface area contributed by atoms with Crippen molar-refractivity contribution >= 4 is 23.9 Å². The van der Waals surface area contributed by atoms with E-state index < -0.39 is 5.92 Å². The number of hydrogen-bond donors (Lipinski definition) is 3. The molecule has 3 heterocycles. The standard InChI is InChI=1S/C25H30N6O/c1-4-31(5-2)14-11-19-17(3)29-21(23(19)18-9-7-6-8-10-18)15-22-24(27-13-12-26-22)20-16-28-30-25(20)32/h6-10,12-13,15-16,20,26,29H,4-5,11,14H2,1-3H3,(H,30,32). The zero-order chi connectivity index (χ0) is 22.5. The molecule has 0 radical (unpaired) electrons. The molecular weight excluding hydrogens is 400 g/mol. The summed E-state index contributed by atoms with van der Waals surface area (Å²) in [6, 6.07) is 10.5. The summed E-state index contributed by atoms with van der Waals surface area (Å²) in [5.41, 5.74) is 9.79. The van der Waals surface area contributed by atoms with E-state index in [0.29, 0.717) is 5.71 Å². The maximum atomic E-state index is 12.2. The van der Waals surface area contributed by atoms with Gasteiger partial charge < -0.3 is 15.2 Å². The number of likely N-dealkylation sites (N-methyl/N-ethyl adjacent to an activating group) is 1. The van der Waals surface area contributed by atoms with Gasteiger partial charge >= 0.3 is 0 Å². The number of aliphatic imine (C=N–C) groups is 1. The van der Waals surface area contributed by atoms with Crippen LogP contribution in [0.4, 0.5) is 0 Å². The summed E-state index contributed by atoms with van der Waals surface area (Å²) in [6.45, 7) is 9.62. The van der Waals surface area contributed by atoms with Gasteiger partial charge in [0.05, 0.1) is 11.4 Å². The zero-order valence-corrected chi connectivity index (χ0v) is 18.9. The molecule has 0 aliphatic carbocycles. The summed E-state index contributed by atoms with van der Waals surface area (Å²) < 4.78 is 0. The van der Waals surface area contributed by atoms with Gasteiger partial charge in [0, 0.05) is 42.1 Å². The number of carbonyl (C=O) groups is 1. The van der Waals surface area contributed by atoms with Crippen molar-refractivity contribution in [1.29, 1.82) is 0 Å². The lowest BCUT2D eigenvalue weighted by molar-refractivity contribution is -0.120. The Labute approximate surface area is 189 Å². The van der Waals surface area contributed by atoms with Crippen molar-refractivity contribution in [3.05, 3.63) is 65.4 Å². The number of nitrogens with zero attached hydrogens (tertiary/aromatic N) is 3. The third-order valence-electron chi connectivity index (χ3n) is 6.05. The molecule has 1 amide bonds. The van der Waals surface area contributed by atoms with Gasteiger partial charge in [-0.05, 0) is 43.6 Å². The number of aromatic nitrogens is 1. The van der Waals surface area contributed by atoms with E-state index in [-0.39, 0.29) is 5.91 Å². The minimum Gasteiger partial charge on any atom is -0.359 e. The number of amides is 1. The summed E-state index contributed by atoms with van der Waals surface area (Å²) in [7, 11) is 0. The molecule has 0 saturated heterocycles. The van der Waals surface area contributed by atoms with Gasteiger partial charge in [0.2, 0.25) is 0 Å². The molecule has 2 aliphatic rings. The maximum Gasteiger partial charge on any atom is 0.254 e. The van der Waals surface area contributed by atoms with Crippen LogP contribution in [-0.4, -0.2) is 47.4 Å². The molecule has 1 aromatic heterocycles. The van der Waals surface area contributed by atoms with Crippen LogP contribution in [0.2, 0.25) is 0 Å². The third-order valence-corrected chi connectivity index (χ3v) is 6.05. The molecule has 0 bridgehead atoms. The first-order valence-electron chi connectivity index (χ1n) is 11.2. The van der Waals surface area contributed by atoms with Crippen molar-refractivity contribution in [1.82, 2.24) is 20.6 Å². The SMILES string of the molecule is CCN(CC)CCc1c(C)[nH]c(C=C2NC=CN=C2C2C=NNC2=O)c1-c1ccccc1. The molecule has 166 valence electrons. The number of hydrogen-bond acceptors (Lipinski definition) is 5. The van der Waals surface area contributed by atoms with Gasteiger partial charge in [0.1, 0.15) is 5.92 Å². The van der Waals surface area contributed by atoms with E-state index >= 15 is 0 Å². The van der Waals surface area contributed by atoms with E-state index in [2.05, 4.69) is 81.8 Å². The Balaban J connectivity index is 1.76. The van der Waals surface area contributed by atoms with Crippen LogP contribution in [0.15, 0.2) is 58.5 Å². The minimum absolute atomic E-state index is 0.169. The van der Waals surface area contributed by atoms with Crippen LogP contribution in [0.5, 0.6) is 0 Å². The van der Waals surface area contributed by atoms with Gasteiger partial charge in [0.25, 0.3) is 5.91 Å². The molecule has 1 unspecified atom stereocenters. The second kappa shape index (κ2) is 9.78. The predicted molar refractivity (Wildman–Crippen MR) is 130 cm³/mol. The van der Waals surface area contributed by atoms with Crippen LogP contribution in [0.25, 0.3) is 17.2 Å². The first kappa shape index (κ1) is 21.8. The number of carbonyl (C=O) groups excluding carboxylic acids is 1. The molecule has 0 saturated carbocycles. The first-order chi connectivity index (χ1) is 15.6. The molecule has 2 aromatic rings. The number of hydrazone groups is 1. The molecule has 7 nitrogen and oxygen atoms in total. The first-order valence-corrected chi connectivity index (χ1v) is 11.2. The smallest absolute Gasteiger partial charge is 0.254 e. The molecule has 3 N–H and O–H groups in total. The number of nitrogens with one attached hydrogen (secondary N) is 3. The zero-order valence-electron chi connectivity index (χ0n) is 18.9. The van der Waals surface area contributed by atoms with Crippen LogP contribution in [0.1, 0.15) is 30.8 Å². The van der Waals surface area contributed by atoms with Gasteiger partial charge in [-0.25, -0.2) is 5.43 Å². The minimum atomic E-state index is -0.503. The van der Waals surface area contributed by atoms with Crippen molar-refractivity contribution in [3.63, 3.8) is 0 Å². The van der Waals surface area contributed by atoms with Gasteiger partial charge in [-0.1, -0.05) is 44.2 Å². The number of benzene rings is 1. The van der Waals surface area contributed by atoms with E-state index in [4.69, 9.17) is 0 Å². The second-order valence-corrected chi connectivity index (χ2v) is 7.92. The van der Waals surface area contributed by atoms with E-state index in [9.17, 15) is 4.79 Å². The van der Waals surface area contributed by atoms with Gasteiger partial charge in [-0.15, -0.1) is 0 Å². The van der Waals surface area contributed by atoms with E-state index in [1.807, 2.05) is 6.07 Å². The Morgan fingerprint density at radius 3 is 2.62 bits per heavy atom. The van der Waals surface area contributed by atoms with Gasteiger partial charge in [-0.3, -0.25) is 9.79 Å². The largest absolute Gasteiger partial charge is 0.359 e. The molecule has 0 spiro atoms. The lowest BCUT2D eigenvalue weighted by Crippen LogP contribution is -2.32. The quantitative estimate of drug-likeness (QED) is 0.600. The number of allylic oxidation sites excluding steroid dienone is 1. The Kier molecular flexibility index (Phi) is 6.66. The third kappa shape index (κ3) is 4.43. The fourth-order valence-corrected chi connectivity index (χ4v) is 4.26. The highest BCUT2D eigenvalue weighted by Crippen LogP contribution is 2.32. The highest BCUT2D eigenvalue weighted by Gasteiger charge is 2.30. The van der Waals surface area contributed by atoms with Crippen LogP contribution in [0, 0.1) is 12.8 Å². The van der Waals surface area contributed by atoms with Crippen LogP contribution >= 0.6 is 0 Å². The monoisotopic (exact) mass is 430 g/mol. The normalized spacial score (nSPS) is 18.9. The Morgan fingerprint density at radius 2 is 1.94 bits per heavy atom. The highest BCUT2D eigenvalue weighted by molar-refractivity contribution is 6.24. The fraction of sp³-hybridized carbons (Fsp3) is 0.320. The molecule has 1 aromatic carbocycles. The molecule has 2 aliphatic heterocycles. The van der Waals surface area contributed by atoms with Crippen molar-refractivity contribution in [2.45, 2.75) is 27.2 Å². The molecule has 32 heavy (non-hydrogen) atoms. The summed E-state index contributed by atoms with van der Waals surface area (Å²) in [5, 5.41) is 7.18. The van der Waals surface area contributed by atoms with E-state index in [0.717, 1.165) is 43.1 Å². The lowest BCUT2D eigenvalue weighted by Gasteiger charge is -2.19. The van der Waals surface area contributed by atoms with Crippen LogP contribution < -0.4 is 10.7 Å². The average Bonchev–Trinajstić information content (AvgIpc) is 3.38. The Morgan fingerprint density at radius 1 is 1.16 bits per heavy atom. The maximum absolute atomic E-state index is 12.2.